The van der Waals surface area contributed by atoms with E-state index in [1.165, 1.54) is 0 Å². The number of ether oxygens (including phenoxy) is 2. The van der Waals surface area contributed by atoms with E-state index in [2.05, 4.69) is 0 Å². The first-order chi connectivity index (χ1) is 9.21. The monoisotopic (exact) mass is 296 g/mol. The fraction of sp³-hybridized carbons (Fsp3) is 0.833. The van der Waals surface area contributed by atoms with Gasteiger partial charge < -0.3 is 9.47 Å². The highest BCUT2D eigenvalue weighted by molar-refractivity contribution is 5.78. The molecule has 20 heavy (non-hydrogen) atoms. The van der Waals surface area contributed by atoms with Gasteiger partial charge in [0.25, 0.3) is 0 Å². The summed E-state index contributed by atoms with van der Waals surface area (Å²) in [6.45, 7) is 0.945. The van der Waals surface area contributed by atoms with Crippen molar-refractivity contribution >= 4 is 11.9 Å². The van der Waals surface area contributed by atoms with Gasteiger partial charge >= 0.3 is 18.1 Å². The summed E-state index contributed by atoms with van der Waals surface area (Å²) < 4.78 is 61.9. The van der Waals surface area contributed by atoms with Gasteiger partial charge in [0.1, 0.15) is 12.2 Å². The quantitative estimate of drug-likeness (QED) is 0.574. The molecule has 8 heteroatoms. The lowest BCUT2D eigenvalue weighted by molar-refractivity contribution is -0.212. The van der Waals surface area contributed by atoms with Crippen LogP contribution in [0.3, 0.4) is 0 Å². The molecule has 2 aliphatic carbocycles. The van der Waals surface area contributed by atoms with Crippen LogP contribution < -0.4 is 0 Å². The van der Waals surface area contributed by atoms with Crippen LogP contribution in [-0.4, -0.2) is 36.5 Å². The fourth-order valence-corrected chi connectivity index (χ4v) is 3.82. The standard InChI is InChI=1S/C12H12F4O4/c1-3(13)10(17)19-9-5-2-4-6(7(5)12(14,15)16)11(18)20-8(4)9/h3-9H,2H2,1H3. The van der Waals surface area contributed by atoms with Crippen LogP contribution in [0.5, 0.6) is 0 Å². The number of halogens is 4. The molecule has 2 saturated carbocycles. The highest BCUT2D eigenvalue weighted by atomic mass is 19.4. The van der Waals surface area contributed by atoms with Crippen LogP contribution in [0.4, 0.5) is 17.6 Å². The van der Waals surface area contributed by atoms with E-state index in [9.17, 15) is 27.2 Å². The van der Waals surface area contributed by atoms with Gasteiger partial charge in [0.15, 0.2) is 6.17 Å². The number of hydrogen-bond donors (Lipinski definition) is 0. The molecule has 0 amide bonds. The van der Waals surface area contributed by atoms with Gasteiger partial charge in [0.05, 0.1) is 11.8 Å². The molecule has 0 spiro atoms. The van der Waals surface area contributed by atoms with E-state index in [-0.39, 0.29) is 6.42 Å². The van der Waals surface area contributed by atoms with Crippen LogP contribution in [0.1, 0.15) is 13.3 Å². The van der Waals surface area contributed by atoms with Crippen molar-refractivity contribution in [3.05, 3.63) is 0 Å². The summed E-state index contributed by atoms with van der Waals surface area (Å²) >= 11 is 0. The number of carbonyl (C=O) groups is 2. The van der Waals surface area contributed by atoms with E-state index >= 15 is 0 Å². The van der Waals surface area contributed by atoms with Gasteiger partial charge in [-0.15, -0.1) is 0 Å². The summed E-state index contributed by atoms with van der Waals surface area (Å²) in [7, 11) is 0. The summed E-state index contributed by atoms with van der Waals surface area (Å²) in [6, 6.07) is 0. The minimum atomic E-state index is -4.57. The average Bonchev–Trinajstić information content (AvgIpc) is 2.90. The van der Waals surface area contributed by atoms with Crippen LogP contribution in [0.25, 0.3) is 0 Å². The van der Waals surface area contributed by atoms with Crippen LogP contribution in [0, 0.1) is 23.7 Å². The maximum Gasteiger partial charge on any atom is 0.393 e. The van der Waals surface area contributed by atoms with Crippen molar-refractivity contribution in [2.24, 2.45) is 23.7 Å². The molecular weight excluding hydrogens is 284 g/mol. The number of fused-ring (bicyclic) bond motifs is 1. The zero-order chi connectivity index (χ0) is 14.8. The first-order valence-electron chi connectivity index (χ1n) is 6.33. The Kier molecular flexibility index (Phi) is 2.78. The van der Waals surface area contributed by atoms with Gasteiger partial charge in [-0.3, -0.25) is 4.79 Å². The Labute approximate surface area is 111 Å². The largest absolute Gasteiger partial charge is 0.458 e. The minimum Gasteiger partial charge on any atom is -0.458 e. The van der Waals surface area contributed by atoms with Gasteiger partial charge in [0, 0.05) is 11.8 Å². The van der Waals surface area contributed by atoms with Crippen LogP contribution in [0.2, 0.25) is 0 Å². The third kappa shape index (κ3) is 1.73. The normalized spacial score (nSPS) is 43.5. The van der Waals surface area contributed by atoms with Crippen LogP contribution >= 0.6 is 0 Å². The Morgan fingerprint density at radius 3 is 2.60 bits per heavy atom. The zero-order valence-corrected chi connectivity index (χ0v) is 10.4. The third-order valence-electron chi connectivity index (χ3n) is 4.50. The van der Waals surface area contributed by atoms with Gasteiger partial charge in [-0.1, -0.05) is 0 Å². The Hall–Kier alpha value is -1.34. The molecule has 1 aliphatic heterocycles. The maximum atomic E-state index is 13.1. The molecule has 0 aromatic rings. The maximum absolute atomic E-state index is 13.1. The molecule has 1 saturated heterocycles. The molecule has 1 heterocycles. The van der Waals surface area contributed by atoms with Crippen molar-refractivity contribution in [3.63, 3.8) is 0 Å². The predicted octanol–water partition coefficient (Wildman–Crippen LogP) is 1.63. The van der Waals surface area contributed by atoms with Gasteiger partial charge in [-0.25, -0.2) is 9.18 Å². The molecule has 7 unspecified atom stereocenters. The molecule has 112 valence electrons. The van der Waals surface area contributed by atoms with Crippen molar-refractivity contribution in [1.29, 1.82) is 0 Å². The zero-order valence-electron chi connectivity index (χ0n) is 10.4. The molecule has 7 atom stereocenters. The SMILES string of the molecule is CC(F)C(=O)OC1C2CC3C1OC(=O)C3C2C(F)(F)F. The second kappa shape index (κ2) is 4.08. The smallest absolute Gasteiger partial charge is 0.393 e. The minimum absolute atomic E-state index is 0.115. The number of rotatable bonds is 2. The van der Waals surface area contributed by atoms with E-state index in [4.69, 9.17) is 9.47 Å². The molecule has 0 radical (unpaired) electrons. The molecule has 2 bridgehead atoms. The molecule has 0 aromatic carbocycles. The van der Waals surface area contributed by atoms with E-state index < -0.39 is 60.2 Å². The fourth-order valence-electron chi connectivity index (χ4n) is 3.82. The number of alkyl halides is 4. The van der Waals surface area contributed by atoms with Crippen molar-refractivity contribution in [3.8, 4) is 0 Å². The van der Waals surface area contributed by atoms with Gasteiger partial charge in [-0.2, -0.15) is 13.2 Å². The first kappa shape index (κ1) is 13.6. The molecular formula is C12H12F4O4. The van der Waals surface area contributed by atoms with Gasteiger partial charge in [-0.05, 0) is 13.3 Å². The highest BCUT2D eigenvalue weighted by Crippen LogP contribution is 2.62. The molecule has 3 rings (SSSR count). The molecule has 4 nitrogen and oxygen atoms in total. The van der Waals surface area contributed by atoms with Crippen molar-refractivity contribution in [1.82, 2.24) is 0 Å². The summed E-state index contributed by atoms with van der Waals surface area (Å²) in [4.78, 5) is 22.8. The van der Waals surface area contributed by atoms with E-state index in [0.717, 1.165) is 6.92 Å². The molecule has 3 aliphatic rings. The number of hydrogen-bond acceptors (Lipinski definition) is 4. The second-order valence-electron chi connectivity index (χ2n) is 5.58. The van der Waals surface area contributed by atoms with E-state index in [1.807, 2.05) is 0 Å². The molecule has 3 fully saturated rings. The second-order valence-corrected chi connectivity index (χ2v) is 5.58. The lowest BCUT2D eigenvalue weighted by Crippen LogP contribution is -2.46. The lowest BCUT2D eigenvalue weighted by atomic mass is 9.78. The average molecular weight is 296 g/mol. The first-order valence-corrected chi connectivity index (χ1v) is 6.33. The van der Waals surface area contributed by atoms with E-state index in [1.54, 1.807) is 0 Å². The lowest BCUT2D eigenvalue weighted by Gasteiger charge is -2.32. The Morgan fingerprint density at radius 1 is 1.40 bits per heavy atom. The van der Waals surface area contributed by atoms with Gasteiger partial charge in [0.2, 0.25) is 0 Å². The van der Waals surface area contributed by atoms with Crippen molar-refractivity contribution in [2.45, 2.75) is 37.9 Å². The van der Waals surface area contributed by atoms with Crippen LogP contribution in [-0.2, 0) is 19.1 Å². The topological polar surface area (TPSA) is 52.6 Å². The molecule has 0 aromatic heterocycles. The van der Waals surface area contributed by atoms with Crippen molar-refractivity contribution in [2.75, 3.05) is 0 Å². The predicted molar refractivity (Wildman–Crippen MR) is 55.0 cm³/mol. The van der Waals surface area contributed by atoms with Crippen molar-refractivity contribution < 1.29 is 36.6 Å². The summed E-state index contributed by atoms with van der Waals surface area (Å²) in [5.74, 6) is -6.80. The Bertz CT molecular complexity index is 461. The number of esters is 2. The highest BCUT2D eigenvalue weighted by Gasteiger charge is 2.73. The number of carbonyl (C=O) groups excluding carboxylic acids is 2. The Balaban J connectivity index is 1.88. The Morgan fingerprint density at radius 2 is 2.05 bits per heavy atom. The molecule has 0 N–H and O–H groups in total. The third-order valence-corrected chi connectivity index (χ3v) is 4.50. The summed E-state index contributed by atoms with van der Waals surface area (Å²) in [6.07, 6.45) is -8.43. The summed E-state index contributed by atoms with van der Waals surface area (Å²) in [5, 5.41) is 0. The van der Waals surface area contributed by atoms with Crippen LogP contribution in [0.15, 0.2) is 0 Å². The van der Waals surface area contributed by atoms with E-state index in [0.29, 0.717) is 0 Å². The summed E-state index contributed by atoms with van der Waals surface area (Å²) in [5.41, 5.74) is 0.